The Bertz CT molecular complexity index is 215. The first-order valence-corrected chi connectivity index (χ1v) is 9.34. The fraction of sp³-hybridized carbons (Fsp3) is 0.833. The van der Waals surface area contributed by atoms with Gasteiger partial charge in [0.1, 0.15) is 0 Å². The van der Waals surface area contributed by atoms with Crippen molar-refractivity contribution in [2.75, 3.05) is 6.61 Å². The maximum absolute atomic E-state index is 9.20. The number of hydrogen-bond donors (Lipinski definition) is 1. The van der Waals surface area contributed by atoms with E-state index in [0.29, 0.717) is 18.4 Å². The van der Waals surface area contributed by atoms with Crippen LogP contribution < -0.4 is 0 Å². The molecule has 1 aliphatic carbocycles. The fourth-order valence-corrected chi connectivity index (χ4v) is 3.88. The van der Waals surface area contributed by atoms with Gasteiger partial charge in [0.05, 0.1) is 8.07 Å². The molecular formula is C12H24OSi. The van der Waals surface area contributed by atoms with Crippen molar-refractivity contribution in [3.05, 3.63) is 11.3 Å². The van der Waals surface area contributed by atoms with Crippen LogP contribution in [0.4, 0.5) is 0 Å². The third-order valence-corrected chi connectivity index (χ3v) is 4.29. The highest BCUT2D eigenvalue weighted by Crippen LogP contribution is 2.37. The van der Waals surface area contributed by atoms with Gasteiger partial charge in [-0.25, -0.2) is 0 Å². The van der Waals surface area contributed by atoms with Crippen molar-refractivity contribution < 1.29 is 5.11 Å². The fourth-order valence-electron chi connectivity index (χ4n) is 2.41. The summed E-state index contributed by atoms with van der Waals surface area (Å²) in [5.41, 5.74) is 4.20. The van der Waals surface area contributed by atoms with Gasteiger partial charge in [0.2, 0.25) is 0 Å². The lowest BCUT2D eigenvalue weighted by Gasteiger charge is -2.21. The van der Waals surface area contributed by atoms with Gasteiger partial charge >= 0.3 is 0 Å². The van der Waals surface area contributed by atoms with E-state index in [2.05, 4.69) is 32.3 Å². The van der Waals surface area contributed by atoms with Crippen LogP contribution in [0.5, 0.6) is 0 Å². The standard InChI is InChI=1S/C12H24OSi/c1-10(8-13)12-7-5-6-11(12)9-14(2,3)4/h9-10,12-13H,5-8H2,1-4H3/b11-9+/t10-,12+/m0/s1. The Labute approximate surface area is 89.2 Å². The Morgan fingerprint density at radius 2 is 2.14 bits per heavy atom. The second-order valence-corrected chi connectivity index (χ2v) is 10.8. The highest BCUT2D eigenvalue weighted by Gasteiger charge is 2.27. The first kappa shape index (κ1) is 12.0. The van der Waals surface area contributed by atoms with Crippen molar-refractivity contribution in [3.8, 4) is 0 Å². The van der Waals surface area contributed by atoms with E-state index in [0.717, 1.165) is 0 Å². The summed E-state index contributed by atoms with van der Waals surface area (Å²) < 4.78 is 0. The number of hydrogen-bond acceptors (Lipinski definition) is 1. The topological polar surface area (TPSA) is 20.2 Å². The third-order valence-electron chi connectivity index (χ3n) is 3.05. The van der Waals surface area contributed by atoms with Gasteiger partial charge in [-0.3, -0.25) is 0 Å². The molecule has 0 bridgehead atoms. The number of aliphatic hydroxyl groups excluding tert-OH is 1. The summed E-state index contributed by atoms with van der Waals surface area (Å²) >= 11 is 0. The molecule has 0 spiro atoms. The quantitative estimate of drug-likeness (QED) is 0.712. The molecule has 1 aliphatic rings. The second-order valence-electron chi connectivity index (χ2n) is 5.74. The van der Waals surface area contributed by atoms with Gasteiger partial charge in [-0.1, -0.05) is 37.8 Å². The van der Waals surface area contributed by atoms with Crippen LogP contribution in [-0.2, 0) is 0 Å². The number of aliphatic hydroxyl groups is 1. The molecule has 0 unspecified atom stereocenters. The molecule has 0 aromatic carbocycles. The molecule has 0 aromatic heterocycles. The molecule has 0 radical (unpaired) electrons. The van der Waals surface area contributed by atoms with Crippen molar-refractivity contribution >= 4 is 8.07 Å². The van der Waals surface area contributed by atoms with Crippen LogP contribution >= 0.6 is 0 Å². The first-order valence-electron chi connectivity index (χ1n) is 5.76. The van der Waals surface area contributed by atoms with E-state index in [9.17, 15) is 5.11 Å². The van der Waals surface area contributed by atoms with Crippen molar-refractivity contribution in [1.29, 1.82) is 0 Å². The minimum atomic E-state index is -1.07. The summed E-state index contributed by atoms with van der Waals surface area (Å²) in [7, 11) is -1.07. The largest absolute Gasteiger partial charge is 0.396 e. The van der Waals surface area contributed by atoms with Crippen LogP contribution in [0.1, 0.15) is 26.2 Å². The predicted octanol–water partition coefficient (Wildman–Crippen LogP) is 3.22. The zero-order valence-corrected chi connectivity index (χ0v) is 11.0. The molecule has 1 fully saturated rings. The van der Waals surface area contributed by atoms with Crippen LogP contribution in [0.15, 0.2) is 11.3 Å². The van der Waals surface area contributed by atoms with Gasteiger partial charge in [0, 0.05) is 6.61 Å². The van der Waals surface area contributed by atoms with Crippen molar-refractivity contribution in [1.82, 2.24) is 0 Å². The molecule has 1 rings (SSSR count). The average Bonchev–Trinajstić information content (AvgIpc) is 2.48. The van der Waals surface area contributed by atoms with E-state index < -0.39 is 8.07 Å². The average molecular weight is 212 g/mol. The predicted molar refractivity (Wildman–Crippen MR) is 65.0 cm³/mol. The van der Waals surface area contributed by atoms with Gasteiger partial charge in [-0.2, -0.15) is 0 Å². The zero-order chi connectivity index (χ0) is 10.8. The molecule has 2 heteroatoms. The summed E-state index contributed by atoms with van der Waals surface area (Å²) in [5.74, 6) is 1.13. The molecule has 2 atom stereocenters. The van der Waals surface area contributed by atoms with Gasteiger partial charge in [0.25, 0.3) is 0 Å². The molecule has 0 saturated heterocycles. The first-order chi connectivity index (χ1) is 6.44. The third kappa shape index (κ3) is 3.25. The lowest BCUT2D eigenvalue weighted by molar-refractivity contribution is 0.204. The highest BCUT2D eigenvalue weighted by molar-refractivity contribution is 6.81. The van der Waals surface area contributed by atoms with Gasteiger partial charge in [-0.05, 0) is 31.1 Å². The van der Waals surface area contributed by atoms with E-state index in [1.165, 1.54) is 19.3 Å². The van der Waals surface area contributed by atoms with Crippen LogP contribution in [0.3, 0.4) is 0 Å². The summed E-state index contributed by atoms with van der Waals surface area (Å²) in [5, 5.41) is 9.20. The maximum Gasteiger partial charge on any atom is 0.0686 e. The summed E-state index contributed by atoms with van der Waals surface area (Å²) in [4.78, 5) is 0. The van der Waals surface area contributed by atoms with E-state index in [-0.39, 0.29) is 0 Å². The lowest BCUT2D eigenvalue weighted by atomic mass is 9.91. The minimum absolute atomic E-state index is 0.341. The smallest absolute Gasteiger partial charge is 0.0686 e. The van der Waals surface area contributed by atoms with E-state index >= 15 is 0 Å². The Hall–Kier alpha value is -0.0831. The maximum atomic E-state index is 9.20. The van der Waals surface area contributed by atoms with Crippen LogP contribution in [-0.4, -0.2) is 19.8 Å². The second kappa shape index (κ2) is 4.62. The van der Waals surface area contributed by atoms with E-state index in [1.54, 1.807) is 5.57 Å². The van der Waals surface area contributed by atoms with Crippen molar-refractivity contribution in [3.63, 3.8) is 0 Å². The van der Waals surface area contributed by atoms with Crippen molar-refractivity contribution in [2.24, 2.45) is 11.8 Å². The zero-order valence-electron chi connectivity index (χ0n) is 10.0. The van der Waals surface area contributed by atoms with Crippen molar-refractivity contribution in [2.45, 2.75) is 45.8 Å². The van der Waals surface area contributed by atoms with Crippen LogP contribution in [0.25, 0.3) is 0 Å². The monoisotopic (exact) mass is 212 g/mol. The highest BCUT2D eigenvalue weighted by atomic mass is 28.3. The summed E-state index contributed by atoms with van der Waals surface area (Å²) in [6.07, 6.45) is 3.89. The van der Waals surface area contributed by atoms with Gasteiger partial charge in [-0.15, -0.1) is 0 Å². The molecule has 0 aliphatic heterocycles. The van der Waals surface area contributed by atoms with Gasteiger partial charge < -0.3 is 5.11 Å². The van der Waals surface area contributed by atoms with Crippen LogP contribution in [0.2, 0.25) is 19.6 Å². The number of rotatable bonds is 3. The lowest BCUT2D eigenvalue weighted by Crippen LogP contribution is -2.20. The molecule has 14 heavy (non-hydrogen) atoms. The molecular weight excluding hydrogens is 188 g/mol. The van der Waals surface area contributed by atoms with E-state index in [1.807, 2.05) is 0 Å². The molecule has 0 aromatic rings. The van der Waals surface area contributed by atoms with E-state index in [4.69, 9.17) is 0 Å². The van der Waals surface area contributed by atoms with Gasteiger partial charge in [0.15, 0.2) is 0 Å². The summed E-state index contributed by atoms with van der Waals surface area (Å²) in [6, 6.07) is 0. The SMILES string of the molecule is C[C@@H](CO)[C@H]1CCC/C1=C\[Si](C)(C)C. The number of allylic oxidation sites excluding steroid dienone is 1. The molecule has 0 heterocycles. The molecule has 1 saturated carbocycles. The van der Waals surface area contributed by atoms with Crippen LogP contribution in [0, 0.1) is 11.8 Å². The Morgan fingerprint density at radius 3 is 2.64 bits per heavy atom. The molecule has 1 N–H and O–H groups in total. The Morgan fingerprint density at radius 1 is 1.50 bits per heavy atom. The molecule has 0 amide bonds. The molecule has 82 valence electrons. The Balaban J connectivity index is 2.73. The normalized spacial score (nSPS) is 28.4. The molecule has 1 nitrogen and oxygen atoms in total. The summed E-state index contributed by atoms with van der Waals surface area (Å²) in [6.45, 7) is 9.68. The Kier molecular flexibility index (Phi) is 3.96. The minimum Gasteiger partial charge on any atom is -0.396 e.